The van der Waals surface area contributed by atoms with Gasteiger partial charge in [0.25, 0.3) is 0 Å². The van der Waals surface area contributed by atoms with Gasteiger partial charge in [-0.25, -0.2) is 9.18 Å². The van der Waals surface area contributed by atoms with E-state index in [0.717, 1.165) is 4.47 Å². The molecular weight excluding hydrogens is 337 g/mol. The Morgan fingerprint density at radius 1 is 1.29 bits per heavy atom. The number of benzene rings is 2. The number of carboxylic acids is 1. The van der Waals surface area contributed by atoms with Crippen LogP contribution >= 0.6 is 15.9 Å². The van der Waals surface area contributed by atoms with E-state index in [9.17, 15) is 14.3 Å². The summed E-state index contributed by atoms with van der Waals surface area (Å²) >= 11 is 3.36. The van der Waals surface area contributed by atoms with Crippen LogP contribution in [-0.2, 0) is 16.8 Å². The molecule has 0 amide bonds. The molecule has 0 radical (unpaired) electrons. The van der Waals surface area contributed by atoms with Gasteiger partial charge in [0.2, 0.25) is 0 Å². The molecule has 2 aromatic rings. The van der Waals surface area contributed by atoms with Crippen molar-refractivity contribution in [3.8, 4) is 0 Å². The molecule has 0 heterocycles. The SMILES string of the molecule is O=C(O)C1(Nc2cccc(Br)c2)CCc2c(F)cccc21. The minimum Gasteiger partial charge on any atom is -0.479 e. The van der Waals surface area contributed by atoms with Crippen LogP contribution in [0.25, 0.3) is 0 Å². The Labute approximate surface area is 129 Å². The molecule has 2 N–H and O–H groups in total. The Morgan fingerprint density at radius 2 is 2.05 bits per heavy atom. The van der Waals surface area contributed by atoms with Crippen LogP contribution in [0.5, 0.6) is 0 Å². The van der Waals surface area contributed by atoms with Crippen molar-refractivity contribution in [2.45, 2.75) is 18.4 Å². The van der Waals surface area contributed by atoms with Crippen LogP contribution in [0.2, 0.25) is 0 Å². The average Bonchev–Trinajstić information content (AvgIpc) is 2.81. The van der Waals surface area contributed by atoms with Gasteiger partial charge in [-0.2, -0.15) is 0 Å². The normalized spacial score (nSPS) is 20.1. The predicted molar refractivity (Wildman–Crippen MR) is 81.8 cm³/mol. The van der Waals surface area contributed by atoms with E-state index in [2.05, 4.69) is 21.2 Å². The Kier molecular flexibility index (Phi) is 3.45. The molecule has 1 aliphatic rings. The zero-order valence-corrected chi connectivity index (χ0v) is 12.7. The van der Waals surface area contributed by atoms with E-state index in [1.165, 1.54) is 6.07 Å². The van der Waals surface area contributed by atoms with Gasteiger partial charge >= 0.3 is 5.97 Å². The van der Waals surface area contributed by atoms with Crippen molar-refractivity contribution < 1.29 is 14.3 Å². The summed E-state index contributed by atoms with van der Waals surface area (Å²) in [5.41, 5.74) is 0.402. The second-order valence-electron chi connectivity index (χ2n) is 5.11. The maximum atomic E-state index is 13.9. The number of fused-ring (bicyclic) bond motifs is 1. The van der Waals surface area contributed by atoms with E-state index in [1.807, 2.05) is 18.2 Å². The molecule has 0 saturated heterocycles. The molecule has 3 rings (SSSR count). The number of anilines is 1. The van der Waals surface area contributed by atoms with Crippen LogP contribution in [0, 0.1) is 5.82 Å². The van der Waals surface area contributed by atoms with Gasteiger partial charge < -0.3 is 10.4 Å². The summed E-state index contributed by atoms with van der Waals surface area (Å²) in [6, 6.07) is 11.9. The lowest BCUT2D eigenvalue weighted by Crippen LogP contribution is -2.41. The van der Waals surface area contributed by atoms with Crippen LogP contribution in [-0.4, -0.2) is 11.1 Å². The number of halogens is 2. The lowest BCUT2D eigenvalue weighted by Gasteiger charge is -2.28. The molecule has 21 heavy (non-hydrogen) atoms. The molecule has 5 heteroatoms. The molecule has 0 saturated carbocycles. The number of hydrogen-bond donors (Lipinski definition) is 2. The zero-order valence-electron chi connectivity index (χ0n) is 11.1. The molecule has 2 aromatic carbocycles. The third-order valence-electron chi connectivity index (χ3n) is 3.88. The van der Waals surface area contributed by atoms with E-state index in [-0.39, 0.29) is 5.82 Å². The Hall–Kier alpha value is -1.88. The van der Waals surface area contributed by atoms with Crippen molar-refractivity contribution in [1.82, 2.24) is 0 Å². The summed E-state index contributed by atoms with van der Waals surface area (Å²) < 4.78 is 14.7. The van der Waals surface area contributed by atoms with Crippen LogP contribution in [0.15, 0.2) is 46.9 Å². The summed E-state index contributed by atoms with van der Waals surface area (Å²) in [5.74, 6) is -1.33. The molecule has 0 fully saturated rings. The minimum absolute atomic E-state index is 0.325. The van der Waals surface area contributed by atoms with E-state index in [0.29, 0.717) is 29.7 Å². The zero-order chi connectivity index (χ0) is 15.0. The lowest BCUT2D eigenvalue weighted by molar-refractivity contribution is -0.142. The van der Waals surface area contributed by atoms with E-state index < -0.39 is 11.5 Å². The average molecular weight is 350 g/mol. The maximum absolute atomic E-state index is 13.9. The third kappa shape index (κ3) is 2.31. The highest BCUT2D eigenvalue weighted by Crippen LogP contribution is 2.41. The van der Waals surface area contributed by atoms with Crippen LogP contribution in [0.4, 0.5) is 10.1 Å². The van der Waals surface area contributed by atoms with Crippen molar-refractivity contribution in [2.75, 3.05) is 5.32 Å². The summed E-state index contributed by atoms with van der Waals surface area (Å²) in [5, 5.41) is 12.8. The highest BCUT2D eigenvalue weighted by Gasteiger charge is 2.46. The molecule has 0 aliphatic heterocycles. The fourth-order valence-corrected chi connectivity index (χ4v) is 3.28. The largest absolute Gasteiger partial charge is 0.479 e. The number of nitrogens with one attached hydrogen (secondary N) is 1. The van der Waals surface area contributed by atoms with Crippen LogP contribution in [0.3, 0.4) is 0 Å². The Morgan fingerprint density at radius 3 is 2.76 bits per heavy atom. The fourth-order valence-electron chi connectivity index (χ4n) is 2.88. The first-order valence-electron chi connectivity index (χ1n) is 6.58. The maximum Gasteiger partial charge on any atom is 0.334 e. The lowest BCUT2D eigenvalue weighted by atomic mass is 9.91. The van der Waals surface area contributed by atoms with Crippen molar-refractivity contribution in [3.05, 3.63) is 63.9 Å². The monoisotopic (exact) mass is 349 g/mol. The second-order valence-corrected chi connectivity index (χ2v) is 6.03. The van der Waals surface area contributed by atoms with Crippen molar-refractivity contribution >= 4 is 27.6 Å². The number of carboxylic acid groups (broad SMARTS) is 1. The molecule has 1 aliphatic carbocycles. The van der Waals surface area contributed by atoms with Gasteiger partial charge in [0.15, 0.2) is 5.54 Å². The van der Waals surface area contributed by atoms with Crippen LogP contribution in [0.1, 0.15) is 17.5 Å². The molecule has 3 nitrogen and oxygen atoms in total. The smallest absolute Gasteiger partial charge is 0.334 e. The first-order valence-corrected chi connectivity index (χ1v) is 7.37. The highest BCUT2D eigenvalue weighted by molar-refractivity contribution is 9.10. The third-order valence-corrected chi connectivity index (χ3v) is 4.37. The molecular formula is C16H13BrFNO2. The predicted octanol–water partition coefficient (Wildman–Crippen LogP) is 3.93. The molecule has 0 bridgehead atoms. The van der Waals surface area contributed by atoms with Gasteiger partial charge in [-0.05, 0) is 48.2 Å². The first kappa shape index (κ1) is 14.1. The van der Waals surface area contributed by atoms with E-state index in [4.69, 9.17) is 0 Å². The molecule has 1 atom stereocenters. The Bertz CT molecular complexity index is 719. The molecule has 0 spiro atoms. The highest BCUT2D eigenvalue weighted by atomic mass is 79.9. The van der Waals surface area contributed by atoms with E-state index >= 15 is 0 Å². The first-order chi connectivity index (χ1) is 10.0. The van der Waals surface area contributed by atoms with Gasteiger partial charge in [-0.15, -0.1) is 0 Å². The topological polar surface area (TPSA) is 49.3 Å². The summed E-state index contributed by atoms with van der Waals surface area (Å²) in [4.78, 5) is 11.9. The second kappa shape index (κ2) is 5.15. The quantitative estimate of drug-likeness (QED) is 0.882. The van der Waals surface area contributed by atoms with Gasteiger partial charge in [-0.3, -0.25) is 0 Å². The van der Waals surface area contributed by atoms with Crippen molar-refractivity contribution in [3.63, 3.8) is 0 Å². The van der Waals surface area contributed by atoms with Crippen LogP contribution < -0.4 is 5.32 Å². The van der Waals surface area contributed by atoms with E-state index in [1.54, 1.807) is 18.2 Å². The molecule has 0 aromatic heterocycles. The number of aliphatic carboxylic acids is 1. The van der Waals surface area contributed by atoms with Crippen molar-refractivity contribution in [2.24, 2.45) is 0 Å². The molecule has 108 valence electrons. The Balaban J connectivity index is 2.08. The minimum atomic E-state index is -1.28. The fraction of sp³-hybridized carbons (Fsp3) is 0.188. The van der Waals surface area contributed by atoms with Gasteiger partial charge in [0.05, 0.1) is 0 Å². The number of rotatable bonds is 3. The van der Waals surface area contributed by atoms with Gasteiger partial charge in [-0.1, -0.05) is 34.1 Å². The summed E-state index contributed by atoms with van der Waals surface area (Å²) in [6.45, 7) is 0. The number of carbonyl (C=O) groups is 1. The summed E-state index contributed by atoms with van der Waals surface area (Å²) in [6.07, 6.45) is 0.737. The number of hydrogen-bond acceptors (Lipinski definition) is 2. The standard InChI is InChI=1S/C16H13BrFNO2/c17-10-3-1-4-11(9-10)19-16(15(20)21)8-7-12-13(16)5-2-6-14(12)18/h1-6,9,19H,7-8H2,(H,20,21). The molecule has 1 unspecified atom stereocenters. The van der Waals surface area contributed by atoms with Gasteiger partial charge in [0.1, 0.15) is 5.82 Å². The van der Waals surface area contributed by atoms with Crippen molar-refractivity contribution in [1.29, 1.82) is 0 Å². The van der Waals surface area contributed by atoms with Gasteiger partial charge in [0, 0.05) is 10.2 Å². The summed E-state index contributed by atoms with van der Waals surface area (Å²) in [7, 11) is 0.